The molecule has 4 aromatic rings. The molecular weight excluding hydrogens is 611 g/mol. The molecule has 0 spiro atoms. The third-order valence-corrected chi connectivity index (χ3v) is 5.39. The van der Waals surface area contributed by atoms with E-state index in [0.29, 0.717) is 5.82 Å². The van der Waals surface area contributed by atoms with Crippen molar-refractivity contribution < 1.29 is 13.2 Å². The molecule has 0 aliphatic rings. The number of H-pyrrole nitrogens is 1. The molecule has 4 rings (SSSR count). The van der Waals surface area contributed by atoms with Gasteiger partial charge < -0.3 is 0 Å². The summed E-state index contributed by atoms with van der Waals surface area (Å²) in [7, 11) is 0. The van der Waals surface area contributed by atoms with Crippen LogP contribution in [0.4, 0.5) is 13.2 Å². The normalized spacial score (nSPS) is 9.90. The first kappa shape index (κ1) is 23.3. The zero-order chi connectivity index (χ0) is 21.4. The molecule has 0 bridgehead atoms. The summed E-state index contributed by atoms with van der Waals surface area (Å²) in [5.41, 5.74) is 2.08. The van der Waals surface area contributed by atoms with E-state index >= 15 is 0 Å². The van der Waals surface area contributed by atoms with Gasteiger partial charge in [0.2, 0.25) is 5.95 Å². The first-order chi connectivity index (χ1) is 13.8. The molecular formula is C18H15F3I2N6. The van der Waals surface area contributed by atoms with E-state index in [1.165, 1.54) is 15.8 Å². The van der Waals surface area contributed by atoms with Crippen molar-refractivity contribution in [1.29, 1.82) is 0 Å². The summed E-state index contributed by atoms with van der Waals surface area (Å²) in [6.45, 7) is 3.91. The minimum absolute atomic E-state index is 0.340. The van der Waals surface area contributed by atoms with E-state index in [0.717, 1.165) is 33.3 Å². The van der Waals surface area contributed by atoms with Gasteiger partial charge in [0, 0.05) is 11.9 Å². The van der Waals surface area contributed by atoms with Gasteiger partial charge >= 0.3 is 0 Å². The van der Waals surface area contributed by atoms with Gasteiger partial charge in [0.1, 0.15) is 11.6 Å². The number of hydrogen-bond acceptors (Lipinski definition) is 4. The number of halogens is 5. The van der Waals surface area contributed by atoms with Gasteiger partial charge in [-0.1, -0.05) is 0 Å². The fourth-order valence-electron chi connectivity index (χ4n) is 1.75. The van der Waals surface area contributed by atoms with Gasteiger partial charge in [-0.25, -0.2) is 23.4 Å². The Morgan fingerprint density at radius 2 is 1.52 bits per heavy atom. The fourth-order valence-corrected chi connectivity index (χ4v) is 2.39. The predicted octanol–water partition coefficient (Wildman–Crippen LogP) is 5.00. The number of aromatic amines is 1. The van der Waals surface area contributed by atoms with Gasteiger partial charge in [-0.2, -0.15) is 14.6 Å². The van der Waals surface area contributed by atoms with E-state index < -0.39 is 11.8 Å². The standard InChI is InChI=1S/C9H7FIN3.C5H3F2N.C4H5IN2/c1-6-8(11)5-14(13-6)9-3-2-7(10)4-12-9;6-4-1-2-5(7)8-3-4;1-3-4(5)2-6-7-3/h2-5H,1H3;1-3H;2H,1H3,(H,6,7). The van der Waals surface area contributed by atoms with Gasteiger partial charge in [-0.05, 0) is 83.3 Å². The van der Waals surface area contributed by atoms with E-state index in [4.69, 9.17) is 0 Å². The number of pyridine rings is 2. The highest BCUT2D eigenvalue weighted by Gasteiger charge is 2.04. The zero-order valence-electron chi connectivity index (χ0n) is 15.2. The number of rotatable bonds is 1. The van der Waals surface area contributed by atoms with Crippen molar-refractivity contribution in [2.75, 3.05) is 0 Å². The lowest BCUT2D eigenvalue weighted by molar-refractivity contribution is 0.560. The van der Waals surface area contributed by atoms with Crippen LogP contribution in [-0.2, 0) is 0 Å². The van der Waals surface area contributed by atoms with E-state index in [1.807, 2.05) is 20.0 Å². The van der Waals surface area contributed by atoms with Crippen LogP contribution in [0.5, 0.6) is 0 Å². The Bertz CT molecular complexity index is 976. The second-order valence-corrected chi connectivity index (χ2v) is 7.81. The first-order valence-electron chi connectivity index (χ1n) is 8.02. The molecule has 4 heterocycles. The molecule has 0 radical (unpaired) electrons. The second-order valence-electron chi connectivity index (χ2n) is 5.48. The fraction of sp³-hybridized carbons (Fsp3) is 0.111. The summed E-state index contributed by atoms with van der Waals surface area (Å²) in [6.07, 6.45) is 5.67. The molecule has 0 unspecified atom stereocenters. The largest absolute Gasteiger partial charge is 0.282 e. The average Bonchev–Trinajstić information content (AvgIpc) is 3.24. The van der Waals surface area contributed by atoms with E-state index in [-0.39, 0.29) is 5.82 Å². The van der Waals surface area contributed by atoms with Gasteiger partial charge in [-0.15, -0.1) is 0 Å². The SMILES string of the molecule is Cc1[nH]ncc1I.Cc1nn(-c2ccc(F)cn2)cc1I.Fc1ccc(F)nc1. The molecule has 0 aliphatic heterocycles. The monoisotopic (exact) mass is 626 g/mol. The zero-order valence-corrected chi connectivity index (χ0v) is 19.6. The minimum Gasteiger partial charge on any atom is -0.282 e. The minimum atomic E-state index is -0.661. The molecule has 0 atom stereocenters. The molecule has 4 aromatic heterocycles. The van der Waals surface area contributed by atoms with Crippen molar-refractivity contribution in [3.8, 4) is 5.82 Å². The van der Waals surface area contributed by atoms with Gasteiger partial charge in [0.05, 0.1) is 31.4 Å². The summed E-state index contributed by atoms with van der Waals surface area (Å²) < 4.78 is 40.2. The molecule has 0 saturated carbocycles. The third kappa shape index (κ3) is 7.72. The van der Waals surface area contributed by atoms with Gasteiger partial charge in [-0.3, -0.25) is 5.10 Å². The van der Waals surface area contributed by atoms with Crippen molar-refractivity contribution in [1.82, 2.24) is 29.9 Å². The van der Waals surface area contributed by atoms with Crippen molar-refractivity contribution >= 4 is 45.2 Å². The number of aryl methyl sites for hydroxylation is 2. The Balaban J connectivity index is 0.000000170. The Labute approximate surface area is 192 Å². The highest BCUT2D eigenvalue weighted by molar-refractivity contribution is 14.1. The summed E-state index contributed by atoms with van der Waals surface area (Å²) >= 11 is 4.42. The smallest absolute Gasteiger partial charge is 0.212 e. The maximum absolute atomic E-state index is 12.6. The van der Waals surface area contributed by atoms with Crippen LogP contribution in [0.1, 0.15) is 11.4 Å². The number of aromatic nitrogens is 6. The lowest BCUT2D eigenvalue weighted by Gasteiger charge is -1.98. The number of nitrogens with one attached hydrogen (secondary N) is 1. The van der Waals surface area contributed by atoms with Crippen LogP contribution in [0.15, 0.2) is 49.1 Å². The van der Waals surface area contributed by atoms with E-state index in [1.54, 1.807) is 16.9 Å². The van der Waals surface area contributed by atoms with Crippen molar-refractivity contribution in [3.63, 3.8) is 0 Å². The Kier molecular flexibility index (Phi) is 9.00. The maximum atomic E-state index is 12.6. The van der Waals surface area contributed by atoms with Crippen LogP contribution in [0.3, 0.4) is 0 Å². The van der Waals surface area contributed by atoms with E-state index in [2.05, 4.69) is 70.4 Å². The van der Waals surface area contributed by atoms with Crippen LogP contribution in [-0.4, -0.2) is 29.9 Å². The van der Waals surface area contributed by atoms with Crippen LogP contribution in [0, 0.1) is 38.6 Å². The lowest BCUT2D eigenvalue weighted by atomic mass is 10.4. The van der Waals surface area contributed by atoms with Gasteiger partial charge in [0.25, 0.3) is 0 Å². The molecule has 1 N–H and O–H groups in total. The Hall–Kier alpha value is -2.03. The average molecular weight is 626 g/mol. The molecule has 6 nitrogen and oxygen atoms in total. The highest BCUT2D eigenvalue weighted by atomic mass is 127. The predicted molar refractivity (Wildman–Crippen MR) is 119 cm³/mol. The van der Waals surface area contributed by atoms with E-state index in [9.17, 15) is 13.2 Å². The summed E-state index contributed by atoms with van der Waals surface area (Å²) in [5, 5.41) is 10.8. The molecule has 0 amide bonds. The Morgan fingerprint density at radius 1 is 0.862 bits per heavy atom. The molecule has 29 heavy (non-hydrogen) atoms. The molecule has 0 fully saturated rings. The number of hydrogen-bond donors (Lipinski definition) is 1. The topological polar surface area (TPSA) is 72.3 Å². The van der Waals surface area contributed by atoms with Crippen molar-refractivity contribution in [3.05, 3.63) is 85.2 Å². The summed E-state index contributed by atoms with van der Waals surface area (Å²) in [5.74, 6) is -0.900. The third-order valence-electron chi connectivity index (χ3n) is 3.25. The van der Waals surface area contributed by atoms with Crippen LogP contribution in [0.2, 0.25) is 0 Å². The summed E-state index contributed by atoms with van der Waals surface area (Å²) in [6, 6.07) is 4.95. The molecule has 0 saturated heterocycles. The summed E-state index contributed by atoms with van der Waals surface area (Å²) in [4.78, 5) is 6.96. The quantitative estimate of drug-likeness (QED) is 0.239. The molecule has 11 heteroatoms. The number of nitrogens with zero attached hydrogens (tertiary/aromatic N) is 5. The van der Waals surface area contributed by atoms with Crippen molar-refractivity contribution in [2.45, 2.75) is 13.8 Å². The lowest BCUT2D eigenvalue weighted by Crippen LogP contribution is -1.97. The first-order valence-corrected chi connectivity index (χ1v) is 10.2. The van der Waals surface area contributed by atoms with Gasteiger partial charge in [0.15, 0.2) is 5.82 Å². The second kappa shape index (κ2) is 11.2. The van der Waals surface area contributed by atoms with Crippen LogP contribution >= 0.6 is 45.2 Å². The van der Waals surface area contributed by atoms with Crippen LogP contribution < -0.4 is 0 Å². The van der Waals surface area contributed by atoms with Crippen LogP contribution in [0.25, 0.3) is 5.82 Å². The van der Waals surface area contributed by atoms with Crippen molar-refractivity contribution in [2.24, 2.45) is 0 Å². The highest BCUT2D eigenvalue weighted by Crippen LogP contribution is 2.12. The molecule has 0 aromatic carbocycles. The molecule has 0 aliphatic carbocycles. The molecule has 152 valence electrons. The Morgan fingerprint density at radius 3 is 1.86 bits per heavy atom. The maximum Gasteiger partial charge on any atom is 0.212 e.